The lowest BCUT2D eigenvalue weighted by Crippen LogP contribution is -2.28. The Labute approximate surface area is 119 Å². The fraction of sp³-hybridized carbons (Fsp3) is 0.333. The van der Waals surface area contributed by atoms with Crippen molar-refractivity contribution in [1.82, 2.24) is 9.78 Å². The molecule has 106 valence electrons. The molecule has 5 heteroatoms. The Hall–Kier alpha value is -2.30. The van der Waals surface area contributed by atoms with Gasteiger partial charge in [0.05, 0.1) is 5.69 Å². The second-order valence-electron chi connectivity index (χ2n) is 4.65. The van der Waals surface area contributed by atoms with Crippen molar-refractivity contribution < 1.29 is 4.79 Å². The highest BCUT2D eigenvalue weighted by atomic mass is 16.2. The summed E-state index contributed by atoms with van der Waals surface area (Å²) in [4.78, 5) is 14.2. The van der Waals surface area contributed by atoms with Crippen molar-refractivity contribution in [3.8, 4) is 0 Å². The summed E-state index contributed by atoms with van der Waals surface area (Å²) < 4.78 is 1.74. The van der Waals surface area contributed by atoms with Crippen LogP contribution in [0.3, 0.4) is 0 Å². The average molecular weight is 272 g/mol. The smallest absolute Gasteiger partial charge is 0.276 e. The predicted molar refractivity (Wildman–Crippen MR) is 80.9 cm³/mol. The third-order valence-electron chi connectivity index (χ3n) is 3.27. The van der Waals surface area contributed by atoms with E-state index < -0.39 is 0 Å². The van der Waals surface area contributed by atoms with E-state index in [-0.39, 0.29) is 5.91 Å². The van der Waals surface area contributed by atoms with Gasteiger partial charge in [0.15, 0.2) is 0 Å². The number of anilines is 2. The maximum absolute atomic E-state index is 12.6. The normalized spacial score (nSPS) is 10.6. The molecule has 0 saturated carbocycles. The fourth-order valence-electron chi connectivity index (χ4n) is 2.08. The van der Waals surface area contributed by atoms with Crippen molar-refractivity contribution in [3.63, 3.8) is 0 Å². The number of amides is 1. The summed E-state index contributed by atoms with van der Waals surface area (Å²) >= 11 is 0. The first-order valence-corrected chi connectivity index (χ1v) is 6.77. The molecule has 2 rings (SSSR count). The summed E-state index contributed by atoms with van der Waals surface area (Å²) in [6, 6.07) is 9.14. The molecule has 20 heavy (non-hydrogen) atoms. The Morgan fingerprint density at radius 1 is 1.35 bits per heavy atom. The number of carbonyl (C=O) groups is 1. The van der Waals surface area contributed by atoms with Gasteiger partial charge in [0, 0.05) is 25.0 Å². The third kappa shape index (κ3) is 2.66. The van der Waals surface area contributed by atoms with E-state index in [0.717, 1.165) is 17.8 Å². The van der Waals surface area contributed by atoms with Gasteiger partial charge < -0.3 is 10.6 Å². The molecule has 0 atom stereocenters. The molecule has 0 aliphatic carbocycles. The minimum Gasteiger partial charge on any atom is -0.399 e. The molecular weight excluding hydrogens is 252 g/mol. The van der Waals surface area contributed by atoms with Crippen LogP contribution in [-0.4, -0.2) is 22.7 Å². The van der Waals surface area contributed by atoms with Gasteiger partial charge in [0.2, 0.25) is 0 Å². The first-order chi connectivity index (χ1) is 9.56. The number of hydrogen-bond acceptors (Lipinski definition) is 3. The van der Waals surface area contributed by atoms with Gasteiger partial charge in [-0.3, -0.25) is 9.48 Å². The Balaban J connectivity index is 2.33. The Kier molecular flexibility index (Phi) is 4.08. The second-order valence-corrected chi connectivity index (χ2v) is 4.65. The van der Waals surface area contributed by atoms with E-state index in [1.165, 1.54) is 0 Å². The number of rotatable bonds is 4. The maximum atomic E-state index is 12.6. The predicted octanol–water partition coefficient (Wildman–Crippen LogP) is 2.32. The minimum absolute atomic E-state index is 0.0790. The summed E-state index contributed by atoms with van der Waals surface area (Å²) in [6.07, 6.45) is 0.815. The Morgan fingerprint density at radius 2 is 2.10 bits per heavy atom. The number of aryl methyl sites for hydroxylation is 2. The molecular formula is C15H20N4O. The van der Waals surface area contributed by atoms with Crippen LogP contribution in [0.1, 0.15) is 30.0 Å². The SMILES string of the molecule is CCc1cc(C(=O)N(C)c2cccc(N)c2)n(CC)n1. The van der Waals surface area contributed by atoms with Crippen LogP contribution in [0.4, 0.5) is 11.4 Å². The van der Waals surface area contributed by atoms with Gasteiger partial charge in [0.1, 0.15) is 5.69 Å². The van der Waals surface area contributed by atoms with Crippen LogP contribution in [0, 0.1) is 0 Å². The van der Waals surface area contributed by atoms with Crippen LogP contribution < -0.4 is 10.6 Å². The van der Waals surface area contributed by atoms with E-state index in [9.17, 15) is 4.79 Å². The standard InChI is InChI=1S/C15H20N4O/c1-4-12-10-14(19(5-2)17-12)15(20)18(3)13-8-6-7-11(16)9-13/h6-10H,4-5,16H2,1-3H3. The molecule has 1 aromatic heterocycles. The largest absolute Gasteiger partial charge is 0.399 e. The lowest BCUT2D eigenvalue weighted by molar-refractivity contribution is 0.0983. The van der Waals surface area contributed by atoms with Gasteiger partial charge in [-0.2, -0.15) is 5.10 Å². The monoisotopic (exact) mass is 272 g/mol. The van der Waals surface area contributed by atoms with Crippen LogP contribution in [0.25, 0.3) is 0 Å². The third-order valence-corrected chi connectivity index (χ3v) is 3.27. The molecule has 0 radical (unpaired) electrons. The molecule has 1 aromatic carbocycles. The summed E-state index contributed by atoms with van der Waals surface area (Å²) in [6.45, 7) is 4.67. The first-order valence-electron chi connectivity index (χ1n) is 6.77. The fourth-order valence-corrected chi connectivity index (χ4v) is 2.08. The van der Waals surface area contributed by atoms with Crippen molar-refractivity contribution in [2.24, 2.45) is 0 Å². The number of benzene rings is 1. The van der Waals surface area contributed by atoms with Crippen molar-refractivity contribution in [1.29, 1.82) is 0 Å². The molecule has 0 aliphatic rings. The molecule has 2 N–H and O–H groups in total. The zero-order valence-electron chi connectivity index (χ0n) is 12.1. The van der Waals surface area contributed by atoms with Gasteiger partial charge in [-0.1, -0.05) is 13.0 Å². The van der Waals surface area contributed by atoms with E-state index in [4.69, 9.17) is 5.73 Å². The van der Waals surface area contributed by atoms with Crippen molar-refractivity contribution in [2.45, 2.75) is 26.8 Å². The number of hydrogen-bond donors (Lipinski definition) is 1. The summed E-state index contributed by atoms with van der Waals surface area (Å²) in [5.41, 5.74) is 8.71. The lowest BCUT2D eigenvalue weighted by atomic mass is 10.2. The molecule has 0 unspecified atom stereocenters. The topological polar surface area (TPSA) is 64.2 Å². The van der Waals surface area contributed by atoms with Crippen molar-refractivity contribution in [3.05, 3.63) is 41.7 Å². The van der Waals surface area contributed by atoms with Gasteiger partial charge >= 0.3 is 0 Å². The van der Waals surface area contributed by atoms with Crippen LogP contribution in [0.2, 0.25) is 0 Å². The quantitative estimate of drug-likeness (QED) is 0.869. The molecule has 1 amide bonds. The van der Waals surface area contributed by atoms with Crippen molar-refractivity contribution in [2.75, 3.05) is 17.7 Å². The molecule has 5 nitrogen and oxygen atoms in total. The molecule has 0 fully saturated rings. The zero-order valence-corrected chi connectivity index (χ0v) is 12.1. The van der Waals surface area contributed by atoms with E-state index >= 15 is 0 Å². The highest BCUT2D eigenvalue weighted by Crippen LogP contribution is 2.19. The van der Waals surface area contributed by atoms with E-state index in [1.54, 1.807) is 28.8 Å². The summed E-state index contributed by atoms with van der Waals surface area (Å²) in [7, 11) is 1.75. The number of nitrogens with two attached hydrogens (primary N) is 1. The molecule has 0 spiro atoms. The van der Waals surface area contributed by atoms with Gasteiger partial charge in [-0.05, 0) is 37.6 Å². The molecule has 2 aromatic rings. The molecule has 1 heterocycles. The van der Waals surface area contributed by atoms with Crippen LogP contribution in [0.15, 0.2) is 30.3 Å². The van der Waals surface area contributed by atoms with E-state index in [1.807, 2.05) is 32.0 Å². The Bertz CT molecular complexity index is 618. The van der Waals surface area contributed by atoms with Crippen LogP contribution >= 0.6 is 0 Å². The molecule has 0 aliphatic heterocycles. The van der Waals surface area contributed by atoms with Gasteiger partial charge in [-0.15, -0.1) is 0 Å². The van der Waals surface area contributed by atoms with Gasteiger partial charge in [0.25, 0.3) is 5.91 Å². The second kappa shape index (κ2) is 5.77. The summed E-state index contributed by atoms with van der Waals surface area (Å²) in [5.74, 6) is -0.0790. The van der Waals surface area contributed by atoms with Crippen LogP contribution in [0.5, 0.6) is 0 Å². The number of nitrogens with zero attached hydrogens (tertiary/aromatic N) is 3. The lowest BCUT2D eigenvalue weighted by Gasteiger charge is -2.18. The minimum atomic E-state index is -0.0790. The summed E-state index contributed by atoms with van der Waals surface area (Å²) in [5, 5.41) is 4.41. The molecule has 0 saturated heterocycles. The number of carbonyl (C=O) groups excluding carboxylic acids is 1. The van der Waals surface area contributed by atoms with Gasteiger partial charge in [-0.25, -0.2) is 0 Å². The van der Waals surface area contributed by atoms with Crippen LogP contribution in [-0.2, 0) is 13.0 Å². The maximum Gasteiger partial charge on any atom is 0.276 e. The highest BCUT2D eigenvalue weighted by molar-refractivity contribution is 6.04. The van der Waals surface area contributed by atoms with E-state index in [2.05, 4.69) is 5.10 Å². The average Bonchev–Trinajstić information content (AvgIpc) is 2.89. The number of nitrogen functional groups attached to an aromatic ring is 1. The highest BCUT2D eigenvalue weighted by Gasteiger charge is 2.19. The zero-order chi connectivity index (χ0) is 14.7. The van der Waals surface area contributed by atoms with E-state index in [0.29, 0.717) is 17.9 Å². The first kappa shape index (κ1) is 14.1. The molecule has 0 bridgehead atoms. The van der Waals surface area contributed by atoms with Crippen molar-refractivity contribution >= 4 is 17.3 Å². The number of aromatic nitrogens is 2. The Morgan fingerprint density at radius 3 is 2.70 bits per heavy atom.